The SMILES string of the molecule is CCOc1cc(C)c(CCNC2CC2)cc1Cl. The third-order valence-corrected chi connectivity index (χ3v) is 3.39. The smallest absolute Gasteiger partial charge is 0.138 e. The van der Waals surface area contributed by atoms with Gasteiger partial charge < -0.3 is 10.1 Å². The molecule has 0 aliphatic heterocycles. The molecule has 0 heterocycles. The summed E-state index contributed by atoms with van der Waals surface area (Å²) in [5.74, 6) is 0.797. The second kappa shape index (κ2) is 5.74. The zero-order chi connectivity index (χ0) is 12.3. The van der Waals surface area contributed by atoms with Crippen molar-refractivity contribution in [2.45, 2.75) is 39.2 Å². The molecule has 0 unspecified atom stereocenters. The Hall–Kier alpha value is -0.730. The molecular formula is C14H20ClNO. The maximum absolute atomic E-state index is 6.19. The van der Waals surface area contributed by atoms with Gasteiger partial charge in [0.2, 0.25) is 0 Å². The zero-order valence-electron chi connectivity index (χ0n) is 10.6. The Kier molecular flexibility index (Phi) is 4.30. The zero-order valence-corrected chi connectivity index (χ0v) is 11.3. The molecule has 3 heteroatoms. The number of rotatable bonds is 6. The van der Waals surface area contributed by atoms with E-state index in [0.29, 0.717) is 6.61 Å². The summed E-state index contributed by atoms with van der Waals surface area (Å²) < 4.78 is 5.48. The maximum atomic E-state index is 6.19. The van der Waals surface area contributed by atoms with E-state index in [2.05, 4.69) is 12.2 Å². The van der Waals surface area contributed by atoms with Crippen LogP contribution in [0.5, 0.6) is 5.75 Å². The first-order valence-corrected chi connectivity index (χ1v) is 6.73. The predicted octanol–water partition coefficient (Wildman–Crippen LogP) is 3.34. The van der Waals surface area contributed by atoms with Crippen molar-refractivity contribution in [2.24, 2.45) is 0 Å². The van der Waals surface area contributed by atoms with Crippen LogP contribution in [0.1, 0.15) is 30.9 Å². The summed E-state index contributed by atoms with van der Waals surface area (Å²) >= 11 is 6.19. The van der Waals surface area contributed by atoms with Crippen molar-refractivity contribution in [1.82, 2.24) is 5.32 Å². The van der Waals surface area contributed by atoms with Crippen molar-refractivity contribution in [3.8, 4) is 5.75 Å². The summed E-state index contributed by atoms with van der Waals surface area (Å²) in [5.41, 5.74) is 2.57. The molecule has 0 aromatic heterocycles. The quantitative estimate of drug-likeness (QED) is 0.840. The molecule has 2 rings (SSSR count). The minimum atomic E-state index is 0.655. The van der Waals surface area contributed by atoms with Gasteiger partial charge in [-0.1, -0.05) is 11.6 Å². The summed E-state index contributed by atoms with van der Waals surface area (Å²) in [4.78, 5) is 0. The van der Waals surface area contributed by atoms with Gasteiger partial charge in [0.1, 0.15) is 5.75 Å². The van der Waals surface area contributed by atoms with Gasteiger partial charge in [-0.15, -0.1) is 0 Å². The number of aryl methyl sites for hydroxylation is 1. The van der Waals surface area contributed by atoms with Crippen molar-refractivity contribution >= 4 is 11.6 Å². The van der Waals surface area contributed by atoms with Crippen LogP contribution < -0.4 is 10.1 Å². The summed E-state index contributed by atoms with van der Waals surface area (Å²) in [6.07, 6.45) is 3.71. The van der Waals surface area contributed by atoms with E-state index in [-0.39, 0.29) is 0 Å². The Bertz CT molecular complexity index is 388. The molecule has 0 amide bonds. The molecule has 0 saturated heterocycles. The lowest BCUT2D eigenvalue weighted by atomic mass is 10.1. The van der Waals surface area contributed by atoms with E-state index < -0.39 is 0 Å². The number of hydrogen-bond acceptors (Lipinski definition) is 2. The van der Waals surface area contributed by atoms with E-state index in [4.69, 9.17) is 16.3 Å². The van der Waals surface area contributed by atoms with Gasteiger partial charge in [0.25, 0.3) is 0 Å². The average Bonchev–Trinajstić information content (AvgIpc) is 3.09. The first kappa shape index (κ1) is 12.7. The monoisotopic (exact) mass is 253 g/mol. The molecule has 0 atom stereocenters. The third kappa shape index (κ3) is 3.62. The molecule has 1 fully saturated rings. The normalized spacial score (nSPS) is 15.0. The molecule has 1 aromatic rings. The Morgan fingerprint density at radius 2 is 2.18 bits per heavy atom. The fourth-order valence-corrected chi connectivity index (χ4v) is 2.17. The molecule has 1 aromatic carbocycles. The number of halogens is 1. The Morgan fingerprint density at radius 3 is 2.82 bits per heavy atom. The number of nitrogens with one attached hydrogen (secondary N) is 1. The second-order valence-corrected chi connectivity index (χ2v) is 5.03. The van der Waals surface area contributed by atoms with Crippen molar-refractivity contribution < 1.29 is 4.74 Å². The van der Waals surface area contributed by atoms with Gasteiger partial charge >= 0.3 is 0 Å². The van der Waals surface area contributed by atoms with Gasteiger partial charge in [-0.05, 0) is 62.9 Å². The van der Waals surface area contributed by atoms with Crippen LogP contribution in [0, 0.1) is 6.92 Å². The van der Waals surface area contributed by atoms with Crippen LogP contribution >= 0.6 is 11.6 Å². The van der Waals surface area contributed by atoms with Crippen LogP contribution in [0.3, 0.4) is 0 Å². The highest BCUT2D eigenvalue weighted by molar-refractivity contribution is 6.32. The first-order valence-electron chi connectivity index (χ1n) is 6.36. The number of hydrogen-bond donors (Lipinski definition) is 1. The standard InChI is InChI=1S/C14H20ClNO/c1-3-17-14-8-10(2)11(9-13(14)15)6-7-16-12-4-5-12/h8-9,12,16H,3-7H2,1-2H3. The Morgan fingerprint density at radius 1 is 1.41 bits per heavy atom. The van der Waals surface area contributed by atoms with Gasteiger partial charge in [-0.25, -0.2) is 0 Å². The van der Waals surface area contributed by atoms with Crippen LogP contribution in [0.2, 0.25) is 5.02 Å². The summed E-state index contributed by atoms with van der Waals surface area (Å²) in [6.45, 7) is 5.78. The van der Waals surface area contributed by atoms with Gasteiger partial charge in [0.15, 0.2) is 0 Å². The Labute approximate surface area is 108 Å². The van der Waals surface area contributed by atoms with Crippen molar-refractivity contribution in [1.29, 1.82) is 0 Å². The van der Waals surface area contributed by atoms with E-state index in [9.17, 15) is 0 Å². The van der Waals surface area contributed by atoms with E-state index >= 15 is 0 Å². The van der Waals surface area contributed by atoms with E-state index in [1.54, 1.807) is 0 Å². The molecule has 0 spiro atoms. The van der Waals surface area contributed by atoms with Crippen molar-refractivity contribution in [2.75, 3.05) is 13.2 Å². The van der Waals surface area contributed by atoms with E-state index in [1.165, 1.54) is 24.0 Å². The fourth-order valence-electron chi connectivity index (χ4n) is 1.93. The fraction of sp³-hybridized carbons (Fsp3) is 0.571. The average molecular weight is 254 g/mol. The molecule has 0 bridgehead atoms. The van der Waals surface area contributed by atoms with Crippen molar-refractivity contribution in [3.63, 3.8) is 0 Å². The van der Waals surface area contributed by atoms with Crippen LogP contribution in [0.4, 0.5) is 0 Å². The van der Waals surface area contributed by atoms with Crippen LogP contribution in [-0.2, 0) is 6.42 Å². The first-order chi connectivity index (χ1) is 8.20. The van der Waals surface area contributed by atoms with Gasteiger partial charge in [0, 0.05) is 6.04 Å². The summed E-state index contributed by atoms with van der Waals surface area (Å²) in [7, 11) is 0. The highest BCUT2D eigenvalue weighted by Crippen LogP contribution is 2.28. The highest BCUT2D eigenvalue weighted by Gasteiger charge is 2.19. The largest absolute Gasteiger partial charge is 0.492 e. The molecule has 1 aliphatic carbocycles. The molecule has 17 heavy (non-hydrogen) atoms. The minimum Gasteiger partial charge on any atom is -0.492 e. The molecule has 1 aliphatic rings. The lowest BCUT2D eigenvalue weighted by Crippen LogP contribution is -2.19. The molecule has 94 valence electrons. The second-order valence-electron chi connectivity index (χ2n) is 4.62. The molecule has 1 N–H and O–H groups in total. The van der Waals surface area contributed by atoms with Crippen LogP contribution in [0.25, 0.3) is 0 Å². The lowest BCUT2D eigenvalue weighted by Gasteiger charge is -2.11. The minimum absolute atomic E-state index is 0.655. The van der Waals surface area contributed by atoms with Gasteiger partial charge in [-0.2, -0.15) is 0 Å². The Balaban J connectivity index is 1.97. The van der Waals surface area contributed by atoms with E-state index in [0.717, 1.165) is 29.8 Å². The summed E-state index contributed by atoms with van der Waals surface area (Å²) in [6, 6.07) is 4.85. The van der Waals surface area contributed by atoms with Crippen LogP contribution in [0.15, 0.2) is 12.1 Å². The topological polar surface area (TPSA) is 21.3 Å². The lowest BCUT2D eigenvalue weighted by molar-refractivity contribution is 0.340. The number of benzene rings is 1. The molecule has 2 nitrogen and oxygen atoms in total. The highest BCUT2D eigenvalue weighted by atomic mass is 35.5. The third-order valence-electron chi connectivity index (χ3n) is 3.09. The van der Waals surface area contributed by atoms with Crippen molar-refractivity contribution in [3.05, 3.63) is 28.3 Å². The van der Waals surface area contributed by atoms with Gasteiger partial charge in [-0.3, -0.25) is 0 Å². The predicted molar refractivity (Wildman–Crippen MR) is 72.1 cm³/mol. The molecule has 1 saturated carbocycles. The molecule has 0 radical (unpaired) electrons. The maximum Gasteiger partial charge on any atom is 0.138 e. The van der Waals surface area contributed by atoms with E-state index in [1.807, 2.05) is 19.1 Å². The van der Waals surface area contributed by atoms with Gasteiger partial charge in [0.05, 0.1) is 11.6 Å². The number of ether oxygens (including phenoxy) is 1. The van der Waals surface area contributed by atoms with Crippen LogP contribution in [-0.4, -0.2) is 19.2 Å². The molecular weight excluding hydrogens is 234 g/mol. The summed E-state index contributed by atoms with van der Waals surface area (Å²) in [5, 5.41) is 4.24.